The maximum atomic E-state index is 10.7. The fraction of sp³-hybridized carbons (Fsp3) is 0.625. The normalized spacial score (nSPS) is 20.4. The van der Waals surface area contributed by atoms with E-state index in [-0.39, 0.29) is 5.92 Å². The van der Waals surface area contributed by atoms with E-state index in [1.165, 1.54) is 25.7 Å². The van der Waals surface area contributed by atoms with Gasteiger partial charge in [-0.1, -0.05) is 55.0 Å². The van der Waals surface area contributed by atoms with Crippen LogP contribution in [0.3, 0.4) is 0 Å². The van der Waals surface area contributed by atoms with E-state index in [0.717, 1.165) is 18.4 Å². The Morgan fingerprint density at radius 3 is 2.30 bits per heavy atom. The van der Waals surface area contributed by atoms with Crippen molar-refractivity contribution in [2.45, 2.75) is 50.5 Å². The molecule has 2 nitrogen and oxygen atoms in total. The zero-order chi connectivity index (χ0) is 14.5. The summed E-state index contributed by atoms with van der Waals surface area (Å²) in [5, 5.41) is 11.8. The van der Waals surface area contributed by atoms with Crippen LogP contribution in [0.2, 0.25) is 10.0 Å². The second kappa shape index (κ2) is 7.65. The van der Waals surface area contributed by atoms with Gasteiger partial charge in [0.15, 0.2) is 0 Å². The van der Waals surface area contributed by atoms with Crippen molar-refractivity contribution in [1.29, 1.82) is 0 Å². The summed E-state index contributed by atoms with van der Waals surface area (Å²) in [5.41, 5.74) is 6.89. The van der Waals surface area contributed by atoms with Crippen LogP contribution in [0, 0.1) is 5.92 Å². The van der Waals surface area contributed by atoms with E-state index < -0.39 is 6.10 Å². The standard InChI is InChI=1S/C16H23Cl2NO/c17-14-8-7-12(9-15(14)18)13(10-19)16(20)11-5-3-1-2-4-6-11/h7-9,11,13,16,20H,1-6,10,19H2. The summed E-state index contributed by atoms with van der Waals surface area (Å²) in [6.07, 6.45) is 6.78. The molecule has 20 heavy (non-hydrogen) atoms. The number of rotatable bonds is 4. The molecule has 0 spiro atoms. The average Bonchev–Trinajstić information content (AvgIpc) is 2.72. The number of halogens is 2. The zero-order valence-corrected chi connectivity index (χ0v) is 13.2. The summed E-state index contributed by atoms with van der Waals surface area (Å²) in [7, 11) is 0. The van der Waals surface area contributed by atoms with E-state index in [9.17, 15) is 5.11 Å². The summed E-state index contributed by atoms with van der Waals surface area (Å²) in [6, 6.07) is 5.54. The third-order valence-corrected chi connectivity index (χ3v) is 5.16. The minimum Gasteiger partial charge on any atom is -0.392 e. The second-order valence-electron chi connectivity index (χ2n) is 5.76. The van der Waals surface area contributed by atoms with Crippen molar-refractivity contribution < 1.29 is 5.11 Å². The first-order valence-electron chi connectivity index (χ1n) is 7.46. The first-order chi connectivity index (χ1) is 9.63. The molecule has 0 amide bonds. The Bertz CT molecular complexity index is 430. The van der Waals surface area contributed by atoms with Crippen LogP contribution in [0.25, 0.3) is 0 Å². The first-order valence-corrected chi connectivity index (χ1v) is 8.22. The van der Waals surface area contributed by atoms with Crippen LogP contribution >= 0.6 is 23.2 Å². The van der Waals surface area contributed by atoms with E-state index in [0.29, 0.717) is 22.5 Å². The molecule has 1 aliphatic rings. The van der Waals surface area contributed by atoms with Crippen molar-refractivity contribution in [1.82, 2.24) is 0 Å². The molecule has 2 rings (SSSR count). The lowest BCUT2D eigenvalue weighted by atomic mass is 9.82. The zero-order valence-electron chi connectivity index (χ0n) is 11.7. The van der Waals surface area contributed by atoms with E-state index in [4.69, 9.17) is 28.9 Å². The van der Waals surface area contributed by atoms with Gasteiger partial charge in [-0.25, -0.2) is 0 Å². The smallest absolute Gasteiger partial charge is 0.0648 e. The highest BCUT2D eigenvalue weighted by Gasteiger charge is 2.28. The van der Waals surface area contributed by atoms with Crippen LogP contribution in [0.1, 0.15) is 50.0 Å². The van der Waals surface area contributed by atoms with Gasteiger partial charge in [0, 0.05) is 12.5 Å². The van der Waals surface area contributed by atoms with Gasteiger partial charge in [-0.05, 0) is 36.5 Å². The Hall–Kier alpha value is -0.280. The van der Waals surface area contributed by atoms with Crippen molar-refractivity contribution in [2.24, 2.45) is 11.7 Å². The maximum Gasteiger partial charge on any atom is 0.0648 e. The van der Waals surface area contributed by atoms with Gasteiger partial charge in [-0.3, -0.25) is 0 Å². The van der Waals surface area contributed by atoms with Crippen molar-refractivity contribution in [3.05, 3.63) is 33.8 Å². The molecule has 0 saturated heterocycles. The predicted molar refractivity (Wildman–Crippen MR) is 85.5 cm³/mol. The molecule has 0 radical (unpaired) electrons. The van der Waals surface area contributed by atoms with Crippen LogP contribution in [-0.4, -0.2) is 17.8 Å². The first kappa shape index (κ1) is 16.1. The molecule has 1 aromatic rings. The molecule has 0 heterocycles. The Morgan fingerprint density at radius 1 is 1.10 bits per heavy atom. The number of aliphatic hydroxyl groups is 1. The molecule has 1 saturated carbocycles. The summed E-state index contributed by atoms with van der Waals surface area (Å²) >= 11 is 12.0. The minimum absolute atomic E-state index is 0.0622. The van der Waals surface area contributed by atoms with Crippen LogP contribution < -0.4 is 5.73 Å². The monoisotopic (exact) mass is 315 g/mol. The van der Waals surface area contributed by atoms with E-state index >= 15 is 0 Å². The molecule has 2 unspecified atom stereocenters. The lowest BCUT2D eigenvalue weighted by Gasteiger charge is -2.29. The Labute approximate surface area is 131 Å². The predicted octanol–water partition coefficient (Wildman–Crippen LogP) is 4.37. The Kier molecular flexibility index (Phi) is 6.16. The maximum absolute atomic E-state index is 10.7. The van der Waals surface area contributed by atoms with Gasteiger partial charge in [-0.15, -0.1) is 0 Å². The fourth-order valence-electron chi connectivity index (χ4n) is 3.20. The highest BCUT2D eigenvalue weighted by Crippen LogP contribution is 2.34. The molecular weight excluding hydrogens is 293 g/mol. The van der Waals surface area contributed by atoms with Gasteiger partial charge in [0.25, 0.3) is 0 Å². The number of hydrogen-bond donors (Lipinski definition) is 2. The molecule has 3 N–H and O–H groups in total. The molecule has 0 aromatic heterocycles. The topological polar surface area (TPSA) is 46.2 Å². The molecule has 0 bridgehead atoms. The van der Waals surface area contributed by atoms with Gasteiger partial charge in [-0.2, -0.15) is 0 Å². The van der Waals surface area contributed by atoms with Gasteiger partial charge in [0.1, 0.15) is 0 Å². The van der Waals surface area contributed by atoms with E-state index in [1.54, 1.807) is 6.07 Å². The van der Waals surface area contributed by atoms with Crippen molar-refractivity contribution in [2.75, 3.05) is 6.54 Å². The summed E-state index contributed by atoms with van der Waals surface area (Å²) < 4.78 is 0. The average molecular weight is 316 g/mol. The largest absolute Gasteiger partial charge is 0.392 e. The van der Waals surface area contributed by atoms with Crippen LogP contribution in [0.15, 0.2) is 18.2 Å². The highest BCUT2D eigenvalue weighted by molar-refractivity contribution is 6.42. The van der Waals surface area contributed by atoms with Crippen molar-refractivity contribution >= 4 is 23.2 Å². The van der Waals surface area contributed by atoms with Crippen molar-refractivity contribution in [3.63, 3.8) is 0 Å². The number of benzene rings is 1. The molecule has 2 atom stereocenters. The fourth-order valence-corrected chi connectivity index (χ4v) is 3.50. The summed E-state index contributed by atoms with van der Waals surface area (Å²) in [4.78, 5) is 0. The second-order valence-corrected chi connectivity index (χ2v) is 6.57. The highest BCUT2D eigenvalue weighted by atomic mass is 35.5. The molecular formula is C16H23Cl2NO. The molecule has 1 fully saturated rings. The lowest BCUT2D eigenvalue weighted by Crippen LogP contribution is -2.32. The third kappa shape index (κ3) is 3.88. The number of hydrogen-bond acceptors (Lipinski definition) is 2. The molecule has 112 valence electrons. The third-order valence-electron chi connectivity index (χ3n) is 4.42. The Morgan fingerprint density at radius 2 is 1.75 bits per heavy atom. The quantitative estimate of drug-likeness (QED) is 0.810. The number of nitrogens with two attached hydrogens (primary N) is 1. The van der Waals surface area contributed by atoms with Gasteiger partial charge in [0.2, 0.25) is 0 Å². The molecule has 4 heteroatoms. The van der Waals surface area contributed by atoms with E-state index in [2.05, 4.69) is 0 Å². The van der Waals surface area contributed by atoms with Crippen LogP contribution in [0.4, 0.5) is 0 Å². The molecule has 1 aliphatic carbocycles. The summed E-state index contributed by atoms with van der Waals surface area (Å²) in [6.45, 7) is 0.426. The molecule has 0 aliphatic heterocycles. The van der Waals surface area contributed by atoms with Gasteiger partial charge < -0.3 is 10.8 Å². The number of aliphatic hydroxyl groups excluding tert-OH is 1. The lowest BCUT2D eigenvalue weighted by molar-refractivity contribution is 0.0742. The SMILES string of the molecule is NCC(c1ccc(Cl)c(Cl)c1)C(O)C1CCCCCC1. The van der Waals surface area contributed by atoms with Crippen molar-refractivity contribution in [3.8, 4) is 0 Å². The van der Waals surface area contributed by atoms with Crippen LogP contribution in [0.5, 0.6) is 0 Å². The van der Waals surface area contributed by atoms with E-state index in [1.807, 2.05) is 12.1 Å². The van der Waals surface area contributed by atoms with Crippen LogP contribution in [-0.2, 0) is 0 Å². The Balaban J connectivity index is 2.15. The van der Waals surface area contributed by atoms with Gasteiger partial charge >= 0.3 is 0 Å². The summed E-state index contributed by atoms with van der Waals surface area (Å²) in [5.74, 6) is 0.286. The van der Waals surface area contributed by atoms with Gasteiger partial charge in [0.05, 0.1) is 16.1 Å². The molecule has 1 aromatic carbocycles. The minimum atomic E-state index is -0.393.